The van der Waals surface area contributed by atoms with Crippen LogP contribution in [-0.2, 0) is 4.79 Å². The number of carboxylic acids is 1. The van der Waals surface area contributed by atoms with E-state index < -0.39 is 11.9 Å². The average Bonchev–Trinajstić information content (AvgIpc) is 2.39. The molecule has 0 radical (unpaired) electrons. The highest BCUT2D eigenvalue weighted by Crippen LogP contribution is 2.07. The number of carbonyl (C=O) groups is 2. The largest absolute Gasteiger partial charge is 0.481 e. The smallest absolute Gasteiger partial charge is 0.314 e. The van der Waals surface area contributed by atoms with Gasteiger partial charge in [0.15, 0.2) is 0 Å². The van der Waals surface area contributed by atoms with E-state index in [9.17, 15) is 9.59 Å². The number of thioether (sulfide) groups is 1. The van der Waals surface area contributed by atoms with Gasteiger partial charge in [0.1, 0.15) is 0 Å². The summed E-state index contributed by atoms with van der Waals surface area (Å²) in [6.07, 6.45) is 0.450. The second-order valence-corrected chi connectivity index (χ2v) is 5.89. The van der Waals surface area contributed by atoms with Crippen molar-refractivity contribution in [1.82, 2.24) is 15.5 Å². The van der Waals surface area contributed by atoms with E-state index in [4.69, 9.17) is 5.11 Å². The van der Waals surface area contributed by atoms with E-state index in [1.54, 1.807) is 6.92 Å². The molecule has 0 aromatic heterocycles. The molecular weight excluding hydrogens is 266 g/mol. The van der Waals surface area contributed by atoms with Crippen LogP contribution in [0.1, 0.15) is 13.3 Å². The lowest BCUT2D eigenvalue weighted by Crippen LogP contribution is -2.42. The first-order valence-corrected chi connectivity index (χ1v) is 7.79. The Morgan fingerprint density at radius 2 is 1.89 bits per heavy atom. The SMILES string of the molecule is CC(CCNC(=O)NCCN1CCSCC1)C(=O)O. The number of rotatable bonds is 7. The maximum atomic E-state index is 11.4. The molecule has 1 unspecified atom stereocenters. The summed E-state index contributed by atoms with van der Waals surface area (Å²) in [5.41, 5.74) is 0. The minimum absolute atomic E-state index is 0.219. The van der Waals surface area contributed by atoms with Crippen LogP contribution in [0.5, 0.6) is 0 Å². The van der Waals surface area contributed by atoms with Crippen molar-refractivity contribution in [2.24, 2.45) is 5.92 Å². The first-order valence-electron chi connectivity index (χ1n) is 6.64. The summed E-state index contributed by atoms with van der Waals surface area (Å²) in [6.45, 7) is 5.70. The zero-order valence-electron chi connectivity index (χ0n) is 11.4. The highest BCUT2D eigenvalue weighted by molar-refractivity contribution is 7.99. The fraction of sp³-hybridized carbons (Fsp3) is 0.833. The van der Waals surface area contributed by atoms with Gasteiger partial charge in [0.2, 0.25) is 0 Å². The number of hydrogen-bond acceptors (Lipinski definition) is 4. The van der Waals surface area contributed by atoms with Gasteiger partial charge in [0, 0.05) is 44.2 Å². The van der Waals surface area contributed by atoms with Crippen LogP contribution in [0.4, 0.5) is 4.79 Å². The topological polar surface area (TPSA) is 81.7 Å². The van der Waals surface area contributed by atoms with Gasteiger partial charge in [0.05, 0.1) is 5.92 Å². The predicted octanol–water partition coefficient (Wildman–Crippen LogP) is 0.445. The summed E-state index contributed by atoms with van der Waals surface area (Å²) in [6, 6.07) is -0.219. The molecule has 7 heteroatoms. The van der Waals surface area contributed by atoms with E-state index in [-0.39, 0.29) is 6.03 Å². The standard InChI is InChI=1S/C12H23N3O3S/c1-10(11(16)17)2-3-13-12(18)14-4-5-15-6-8-19-9-7-15/h10H,2-9H2,1H3,(H,16,17)(H2,13,14,18). The number of urea groups is 1. The lowest BCUT2D eigenvalue weighted by Gasteiger charge is -2.26. The van der Waals surface area contributed by atoms with Gasteiger partial charge in [-0.1, -0.05) is 6.92 Å². The summed E-state index contributed by atoms with van der Waals surface area (Å²) >= 11 is 1.97. The molecule has 19 heavy (non-hydrogen) atoms. The van der Waals surface area contributed by atoms with E-state index in [2.05, 4.69) is 15.5 Å². The number of carbonyl (C=O) groups excluding carboxylic acids is 1. The number of carboxylic acid groups (broad SMARTS) is 1. The van der Waals surface area contributed by atoms with Crippen LogP contribution in [0, 0.1) is 5.92 Å². The van der Waals surface area contributed by atoms with Gasteiger partial charge < -0.3 is 15.7 Å². The van der Waals surface area contributed by atoms with Crippen LogP contribution < -0.4 is 10.6 Å². The van der Waals surface area contributed by atoms with Crippen molar-refractivity contribution >= 4 is 23.8 Å². The van der Waals surface area contributed by atoms with Gasteiger partial charge in [-0.3, -0.25) is 9.69 Å². The highest BCUT2D eigenvalue weighted by atomic mass is 32.2. The maximum Gasteiger partial charge on any atom is 0.314 e. The summed E-state index contributed by atoms with van der Waals surface area (Å²) < 4.78 is 0. The van der Waals surface area contributed by atoms with Gasteiger partial charge in [-0.15, -0.1) is 0 Å². The van der Waals surface area contributed by atoms with Crippen molar-refractivity contribution in [3.63, 3.8) is 0 Å². The molecule has 0 saturated carbocycles. The van der Waals surface area contributed by atoms with Crippen molar-refractivity contribution in [2.75, 3.05) is 44.2 Å². The molecular formula is C12H23N3O3S. The molecule has 6 nitrogen and oxygen atoms in total. The number of nitrogens with one attached hydrogen (secondary N) is 2. The van der Waals surface area contributed by atoms with Crippen LogP contribution in [0.15, 0.2) is 0 Å². The zero-order chi connectivity index (χ0) is 14.1. The lowest BCUT2D eigenvalue weighted by molar-refractivity contribution is -0.141. The second kappa shape index (κ2) is 9.03. The number of aliphatic carboxylic acids is 1. The molecule has 0 spiro atoms. The fourth-order valence-electron chi connectivity index (χ4n) is 1.74. The normalized spacial score (nSPS) is 17.7. The maximum absolute atomic E-state index is 11.4. The third-order valence-corrected chi connectivity index (χ3v) is 4.04. The van der Waals surface area contributed by atoms with E-state index in [1.165, 1.54) is 11.5 Å². The van der Waals surface area contributed by atoms with Crippen LogP contribution in [0.3, 0.4) is 0 Å². The fourth-order valence-corrected chi connectivity index (χ4v) is 2.72. The van der Waals surface area contributed by atoms with Crippen molar-refractivity contribution in [3.8, 4) is 0 Å². The van der Waals surface area contributed by atoms with Crippen molar-refractivity contribution < 1.29 is 14.7 Å². The molecule has 0 aromatic rings. The molecule has 3 N–H and O–H groups in total. The minimum Gasteiger partial charge on any atom is -0.481 e. The molecule has 0 bridgehead atoms. The summed E-state index contributed by atoms with van der Waals surface area (Å²) in [7, 11) is 0. The van der Waals surface area contributed by atoms with Gasteiger partial charge >= 0.3 is 12.0 Å². The molecule has 1 fully saturated rings. The van der Waals surface area contributed by atoms with Crippen molar-refractivity contribution in [3.05, 3.63) is 0 Å². The summed E-state index contributed by atoms with van der Waals surface area (Å²) in [5.74, 6) is 1.08. The molecule has 2 amide bonds. The Labute approximate surface area is 118 Å². The third-order valence-electron chi connectivity index (χ3n) is 3.10. The van der Waals surface area contributed by atoms with Crippen molar-refractivity contribution in [1.29, 1.82) is 0 Å². The van der Waals surface area contributed by atoms with Gasteiger partial charge in [0.25, 0.3) is 0 Å². The molecule has 0 aliphatic carbocycles. The third kappa shape index (κ3) is 7.27. The van der Waals surface area contributed by atoms with E-state index in [0.717, 1.165) is 19.6 Å². The minimum atomic E-state index is -0.829. The monoisotopic (exact) mass is 289 g/mol. The molecule has 110 valence electrons. The molecule has 1 aliphatic heterocycles. The average molecular weight is 289 g/mol. The lowest BCUT2D eigenvalue weighted by atomic mass is 10.1. The second-order valence-electron chi connectivity index (χ2n) is 4.66. The Bertz CT molecular complexity index is 296. The molecule has 1 saturated heterocycles. The van der Waals surface area contributed by atoms with Crippen LogP contribution >= 0.6 is 11.8 Å². The summed E-state index contributed by atoms with van der Waals surface area (Å²) in [5, 5.41) is 14.2. The van der Waals surface area contributed by atoms with Gasteiger partial charge in [-0.2, -0.15) is 11.8 Å². The summed E-state index contributed by atoms with van der Waals surface area (Å²) in [4.78, 5) is 24.4. The Kier molecular flexibility index (Phi) is 7.66. The van der Waals surface area contributed by atoms with E-state index >= 15 is 0 Å². The van der Waals surface area contributed by atoms with E-state index in [0.29, 0.717) is 19.5 Å². The van der Waals surface area contributed by atoms with Crippen LogP contribution in [0.25, 0.3) is 0 Å². The van der Waals surface area contributed by atoms with E-state index in [1.807, 2.05) is 11.8 Å². The predicted molar refractivity (Wildman–Crippen MR) is 76.6 cm³/mol. The van der Waals surface area contributed by atoms with Crippen LogP contribution in [-0.4, -0.2) is 66.2 Å². The van der Waals surface area contributed by atoms with Crippen molar-refractivity contribution in [2.45, 2.75) is 13.3 Å². The number of amides is 2. The molecule has 1 atom stereocenters. The highest BCUT2D eigenvalue weighted by Gasteiger charge is 2.12. The molecule has 1 heterocycles. The molecule has 1 rings (SSSR count). The number of nitrogens with zero attached hydrogens (tertiary/aromatic N) is 1. The molecule has 1 aliphatic rings. The van der Waals surface area contributed by atoms with Crippen LogP contribution in [0.2, 0.25) is 0 Å². The number of hydrogen-bond donors (Lipinski definition) is 3. The zero-order valence-corrected chi connectivity index (χ0v) is 12.2. The Morgan fingerprint density at radius 1 is 1.26 bits per heavy atom. The Morgan fingerprint density at radius 3 is 2.53 bits per heavy atom. The Balaban J connectivity index is 1.99. The van der Waals surface area contributed by atoms with Gasteiger partial charge in [-0.05, 0) is 6.42 Å². The van der Waals surface area contributed by atoms with Gasteiger partial charge in [-0.25, -0.2) is 4.79 Å². The first-order chi connectivity index (χ1) is 9.09. The quantitative estimate of drug-likeness (QED) is 0.634. The first kappa shape index (κ1) is 16.1. The molecule has 0 aromatic carbocycles. The Hall–Kier alpha value is -0.950.